The van der Waals surface area contributed by atoms with Crippen molar-refractivity contribution in [3.8, 4) is 0 Å². The van der Waals surface area contributed by atoms with Crippen molar-refractivity contribution < 1.29 is 13.6 Å². The first kappa shape index (κ1) is 13.0. The standard InChI is InChI=1S/C12H12F2N4O/c13-7-1-2-8(15)11(14)10(7)12(19)18-4-3-9-16-5-6-17-9/h1-2,5-6H,3-4,15H2,(H,16,17)(H,18,19). The zero-order valence-corrected chi connectivity index (χ0v) is 9.91. The zero-order chi connectivity index (χ0) is 13.8. The number of nitrogen functional groups attached to an aromatic ring is 1. The van der Waals surface area contributed by atoms with Crippen LogP contribution in [-0.4, -0.2) is 22.4 Å². The minimum atomic E-state index is -1.05. The highest BCUT2D eigenvalue weighted by molar-refractivity contribution is 5.95. The van der Waals surface area contributed by atoms with E-state index in [4.69, 9.17) is 5.73 Å². The van der Waals surface area contributed by atoms with Gasteiger partial charge in [-0.05, 0) is 12.1 Å². The van der Waals surface area contributed by atoms with Crippen molar-refractivity contribution in [3.05, 3.63) is 47.5 Å². The number of carbonyl (C=O) groups is 1. The molecule has 0 saturated heterocycles. The molecule has 0 atom stereocenters. The summed E-state index contributed by atoms with van der Waals surface area (Å²) in [7, 11) is 0. The summed E-state index contributed by atoms with van der Waals surface area (Å²) in [5, 5.41) is 2.41. The Bertz CT molecular complexity index is 584. The number of hydrogen-bond donors (Lipinski definition) is 3. The Hall–Kier alpha value is -2.44. The lowest BCUT2D eigenvalue weighted by Gasteiger charge is -2.07. The first-order chi connectivity index (χ1) is 9.09. The van der Waals surface area contributed by atoms with Gasteiger partial charge in [0.25, 0.3) is 5.91 Å². The predicted molar refractivity (Wildman–Crippen MR) is 65.4 cm³/mol. The fourth-order valence-electron chi connectivity index (χ4n) is 1.59. The van der Waals surface area contributed by atoms with Gasteiger partial charge in [-0.15, -0.1) is 0 Å². The van der Waals surface area contributed by atoms with Crippen molar-refractivity contribution in [2.75, 3.05) is 12.3 Å². The average Bonchev–Trinajstić information content (AvgIpc) is 2.87. The molecule has 100 valence electrons. The fraction of sp³-hybridized carbons (Fsp3) is 0.167. The van der Waals surface area contributed by atoms with Crippen molar-refractivity contribution >= 4 is 11.6 Å². The maximum atomic E-state index is 13.6. The molecule has 5 nitrogen and oxygen atoms in total. The molecule has 2 aromatic rings. The van der Waals surface area contributed by atoms with Gasteiger partial charge in [0, 0.05) is 25.4 Å². The first-order valence-corrected chi connectivity index (χ1v) is 5.59. The highest BCUT2D eigenvalue weighted by atomic mass is 19.1. The number of imidazole rings is 1. The minimum absolute atomic E-state index is 0.208. The van der Waals surface area contributed by atoms with Crippen LogP contribution >= 0.6 is 0 Å². The second-order valence-electron chi connectivity index (χ2n) is 3.87. The monoisotopic (exact) mass is 266 g/mol. The fourth-order valence-corrected chi connectivity index (χ4v) is 1.59. The molecule has 0 aliphatic rings. The number of aromatic amines is 1. The van der Waals surface area contributed by atoms with Gasteiger partial charge in [0.2, 0.25) is 0 Å². The Morgan fingerprint density at radius 2 is 2.21 bits per heavy atom. The van der Waals surface area contributed by atoms with Gasteiger partial charge in [-0.3, -0.25) is 4.79 Å². The van der Waals surface area contributed by atoms with Crippen LogP contribution in [0.25, 0.3) is 0 Å². The largest absolute Gasteiger partial charge is 0.396 e. The third-order valence-corrected chi connectivity index (χ3v) is 2.55. The molecule has 19 heavy (non-hydrogen) atoms. The van der Waals surface area contributed by atoms with Gasteiger partial charge >= 0.3 is 0 Å². The van der Waals surface area contributed by atoms with Gasteiger partial charge < -0.3 is 16.0 Å². The summed E-state index contributed by atoms with van der Waals surface area (Å²) >= 11 is 0. The van der Waals surface area contributed by atoms with E-state index in [9.17, 15) is 13.6 Å². The number of H-pyrrole nitrogens is 1. The highest BCUT2D eigenvalue weighted by Crippen LogP contribution is 2.18. The van der Waals surface area contributed by atoms with E-state index in [0.717, 1.165) is 12.1 Å². The number of hydrogen-bond acceptors (Lipinski definition) is 3. The number of carbonyl (C=O) groups excluding carboxylic acids is 1. The Labute approximate surface area is 107 Å². The van der Waals surface area contributed by atoms with Crippen LogP contribution in [0, 0.1) is 11.6 Å². The van der Waals surface area contributed by atoms with E-state index in [1.165, 1.54) is 0 Å². The van der Waals surface area contributed by atoms with Crippen LogP contribution in [0.5, 0.6) is 0 Å². The number of amides is 1. The van der Waals surface area contributed by atoms with Gasteiger partial charge in [-0.25, -0.2) is 13.8 Å². The lowest BCUT2D eigenvalue weighted by molar-refractivity contribution is 0.0945. The summed E-state index contributed by atoms with van der Waals surface area (Å²) in [5.74, 6) is -2.15. The van der Waals surface area contributed by atoms with Crippen LogP contribution in [0.2, 0.25) is 0 Å². The molecule has 1 aromatic heterocycles. The zero-order valence-electron chi connectivity index (χ0n) is 9.91. The van der Waals surface area contributed by atoms with Gasteiger partial charge in [0.05, 0.1) is 5.69 Å². The summed E-state index contributed by atoms with van der Waals surface area (Å²) in [6, 6.07) is 2.03. The van der Waals surface area contributed by atoms with Crippen LogP contribution in [-0.2, 0) is 6.42 Å². The smallest absolute Gasteiger partial charge is 0.257 e. The maximum absolute atomic E-state index is 13.6. The molecular weight excluding hydrogens is 254 g/mol. The van der Waals surface area contributed by atoms with Crippen molar-refractivity contribution in [1.82, 2.24) is 15.3 Å². The normalized spacial score (nSPS) is 10.4. The number of halogens is 2. The average molecular weight is 266 g/mol. The van der Waals surface area contributed by atoms with Gasteiger partial charge in [-0.1, -0.05) is 0 Å². The van der Waals surface area contributed by atoms with E-state index in [0.29, 0.717) is 12.2 Å². The minimum Gasteiger partial charge on any atom is -0.396 e. The van der Waals surface area contributed by atoms with Gasteiger partial charge in [0.15, 0.2) is 5.82 Å². The van der Waals surface area contributed by atoms with E-state index in [-0.39, 0.29) is 12.2 Å². The molecule has 2 rings (SSSR count). The van der Waals surface area contributed by atoms with E-state index < -0.39 is 23.1 Å². The quantitative estimate of drug-likeness (QED) is 0.728. The third kappa shape index (κ3) is 2.87. The van der Waals surface area contributed by atoms with Gasteiger partial charge in [-0.2, -0.15) is 0 Å². The predicted octanol–water partition coefficient (Wildman–Crippen LogP) is 1.24. The van der Waals surface area contributed by atoms with Crippen molar-refractivity contribution in [1.29, 1.82) is 0 Å². The summed E-state index contributed by atoms with van der Waals surface area (Å²) in [6.07, 6.45) is 3.66. The molecule has 0 unspecified atom stereocenters. The van der Waals surface area contributed by atoms with E-state index in [2.05, 4.69) is 15.3 Å². The summed E-state index contributed by atoms with van der Waals surface area (Å²) in [4.78, 5) is 18.5. The Morgan fingerprint density at radius 1 is 1.42 bits per heavy atom. The lowest BCUT2D eigenvalue weighted by atomic mass is 10.1. The van der Waals surface area contributed by atoms with Crippen LogP contribution in [0.15, 0.2) is 24.5 Å². The lowest BCUT2D eigenvalue weighted by Crippen LogP contribution is -2.28. The van der Waals surface area contributed by atoms with E-state index >= 15 is 0 Å². The molecule has 0 aliphatic carbocycles. The van der Waals surface area contributed by atoms with Crippen molar-refractivity contribution in [2.24, 2.45) is 0 Å². The van der Waals surface area contributed by atoms with Crippen LogP contribution < -0.4 is 11.1 Å². The topological polar surface area (TPSA) is 83.8 Å². The second kappa shape index (κ2) is 5.47. The molecular formula is C12H12F2N4O. The number of rotatable bonds is 4. The molecule has 1 amide bonds. The molecule has 0 bridgehead atoms. The maximum Gasteiger partial charge on any atom is 0.257 e. The molecule has 0 fully saturated rings. The molecule has 4 N–H and O–H groups in total. The second-order valence-corrected chi connectivity index (χ2v) is 3.87. The Kier molecular flexibility index (Phi) is 3.74. The SMILES string of the molecule is Nc1ccc(F)c(C(=O)NCCc2ncc[nH]2)c1F. The number of anilines is 1. The van der Waals surface area contributed by atoms with Gasteiger partial charge in [0.1, 0.15) is 17.2 Å². The molecule has 1 heterocycles. The summed E-state index contributed by atoms with van der Waals surface area (Å²) in [5.41, 5.74) is 4.36. The van der Waals surface area contributed by atoms with E-state index in [1.54, 1.807) is 12.4 Å². The van der Waals surface area contributed by atoms with E-state index in [1.807, 2.05) is 0 Å². The number of benzene rings is 1. The first-order valence-electron chi connectivity index (χ1n) is 5.59. The molecule has 0 spiro atoms. The number of aromatic nitrogens is 2. The third-order valence-electron chi connectivity index (χ3n) is 2.55. The van der Waals surface area contributed by atoms with Crippen LogP contribution in [0.4, 0.5) is 14.5 Å². The molecule has 1 aromatic carbocycles. The molecule has 7 heteroatoms. The molecule has 0 aliphatic heterocycles. The Balaban J connectivity index is 2.02. The summed E-state index contributed by atoms with van der Waals surface area (Å²) < 4.78 is 27.0. The number of nitrogens with two attached hydrogens (primary N) is 1. The number of nitrogens with one attached hydrogen (secondary N) is 2. The highest BCUT2D eigenvalue weighted by Gasteiger charge is 2.19. The molecule has 0 saturated carbocycles. The van der Waals surface area contributed by atoms with Crippen LogP contribution in [0.1, 0.15) is 16.2 Å². The Morgan fingerprint density at radius 3 is 2.89 bits per heavy atom. The van der Waals surface area contributed by atoms with Crippen molar-refractivity contribution in [2.45, 2.75) is 6.42 Å². The number of nitrogens with zero attached hydrogens (tertiary/aromatic N) is 1. The molecule has 0 radical (unpaired) electrons. The summed E-state index contributed by atoms with van der Waals surface area (Å²) in [6.45, 7) is 0.208. The van der Waals surface area contributed by atoms with Crippen molar-refractivity contribution in [3.63, 3.8) is 0 Å². The van der Waals surface area contributed by atoms with Crippen LogP contribution in [0.3, 0.4) is 0 Å².